The summed E-state index contributed by atoms with van der Waals surface area (Å²) in [4.78, 5) is 23.4. The summed E-state index contributed by atoms with van der Waals surface area (Å²) >= 11 is 0. The Kier molecular flexibility index (Phi) is 2.29. The van der Waals surface area contributed by atoms with E-state index in [-0.39, 0.29) is 11.8 Å². The van der Waals surface area contributed by atoms with E-state index in [1.165, 1.54) is 6.08 Å². The highest BCUT2D eigenvalue weighted by molar-refractivity contribution is 6.15. The second-order valence-electron chi connectivity index (χ2n) is 2.58. The summed E-state index contributed by atoms with van der Waals surface area (Å²) < 4.78 is 0. The van der Waals surface area contributed by atoms with Gasteiger partial charge in [0.05, 0.1) is 0 Å². The second-order valence-corrected chi connectivity index (χ2v) is 2.58. The van der Waals surface area contributed by atoms with Crippen molar-refractivity contribution in [3.05, 3.63) is 11.6 Å². The predicted molar refractivity (Wildman–Crippen MR) is 43.9 cm³/mol. The van der Waals surface area contributed by atoms with E-state index in [9.17, 15) is 9.59 Å². The van der Waals surface area contributed by atoms with Crippen LogP contribution in [0.2, 0.25) is 0 Å². The molecule has 0 aromatic carbocycles. The van der Waals surface area contributed by atoms with Gasteiger partial charge in [-0.05, 0) is 6.92 Å². The quantitative estimate of drug-likeness (QED) is 0.434. The molecule has 0 saturated heterocycles. The fourth-order valence-corrected chi connectivity index (χ4v) is 1.03. The number of terminal acetylenes is 1. The van der Waals surface area contributed by atoms with Crippen LogP contribution in [-0.4, -0.2) is 23.3 Å². The first kappa shape index (κ1) is 8.54. The molecule has 0 N–H and O–H groups in total. The monoisotopic (exact) mass is 163 g/mol. The van der Waals surface area contributed by atoms with Gasteiger partial charge >= 0.3 is 0 Å². The van der Waals surface area contributed by atoms with Gasteiger partial charge < -0.3 is 0 Å². The second kappa shape index (κ2) is 3.22. The van der Waals surface area contributed by atoms with E-state index in [4.69, 9.17) is 6.42 Å². The van der Waals surface area contributed by atoms with Gasteiger partial charge in [0.25, 0.3) is 11.8 Å². The summed E-state index contributed by atoms with van der Waals surface area (Å²) in [7, 11) is 0. The Balaban J connectivity index is 2.65. The number of amides is 2. The lowest BCUT2D eigenvalue weighted by Gasteiger charge is -2.11. The van der Waals surface area contributed by atoms with Crippen molar-refractivity contribution in [2.24, 2.45) is 0 Å². The third-order valence-corrected chi connectivity index (χ3v) is 1.67. The highest BCUT2D eigenvalue weighted by Crippen LogP contribution is 2.11. The molecule has 62 valence electrons. The van der Waals surface area contributed by atoms with Gasteiger partial charge in [0.15, 0.2) is 0 Å². The summed E-state index contributed by atoms with van der Waals surface area (Å²) in [6.07, 6.45) is 6.76. The average Bonchev–Trinajstić information content (AvgIpc) is 2.25. The molecule has 2 amide bonds. The standard InChI is InChI=1S/C9H9NO2/c1-3-4-5-10-8(11)6-7(2)9(10)12/h1,6H,4-5H2,2H3. The molecule has 0 bridgehead atoms. The van der Waals surface area contributed by atoms with Gasteiger partial charge in [-0.25, -0.2) is 0 Å². The highest BCUT2D eigenvalue weighted by atomic mass is 16.2. The molecule has 1 rings (SSSR count). The number of nitrogens with zero attached hydrogens (tertiary/aromatic N) is 1. The van der Waals surface area contributed by atoms with E-state index in [1.54, 1.807) is 6.92 Å². The fourth-order valence-electron chi connectivity index (χ4n) is 1.03. The van der Waals surface area contributed by atoms with E-state index < -0.39 is 0 Å². The molecule has 1 aliphatic rings. The van der Waals surface area contributed by atoms with Crippen LogP contribution in [0.15, 0.2) is 11.6 Å². The van der Waals surface area contributed by atoms with E-state index in [0.29, 0.717) is 18.5 Å². The van der Waals surface area contributed by atoms with Crippen LogP contribution in [0.4, 0.5) is 0 Å². The average molecular weight is 163 g/mol. The van der Waals surface area contributed by atoms with Crippen LogP contribution in [0, 0.1) is 12.3 Å². The Morgan fingerprint density at radius 2 is 2.25 bits per heavy atom. The van der Waals surface area contributed by atoms with Gasteiger partial charge in [-0.1, -0.05) is 0 Å². The Labute approximate surface area is 71.0 Å². The third kappa shape index (κ3) is 1.37. The molecule has 1 heterocycles. The number of rotatable bonds is 2. The Hall–Kier alpha value is -1.56. The van der Waals surface area contributed by atoms with Crippen LogP contribution in [0.3, 0.4) is 0 Å². The summed E-state index contributed by atoms with van der Waals surface area (Å²) in [5.41, 5.74) is 0.483. The summed E-state index contributed by atoms with van der Waals surface area (Å²) in [6.45, 7) is 1.94. The van der Waals surface area contributed by atoms with Crippen molar-refractivity contribution in [2.75, 3.05) is 6.54 Å². The Bertz CT molecular complexity index is 296. The number of hydrogen-bond donors (Lipinski definition) is 0. The van der Waals surface area contributed by atoms with Gasteiger partial charge in [0.2, 0.25) is 0 Å². The van der Waals surface area contributed by atoms with Crippen LogP contribution in [-0.2, 0) is 9.59 Å². The topological polar surface area (TPSA) is 37.4 Å². The molecule has 0 radical (unpaired) electrons. The summed E-state index contributed by atoms with van der Waals surface area (Å²) in [5, 5.41) is 0. The van der Waals surface area contributed by atoms with Crippen LogP contribution in [0.1, 0.15) is 13.3 Å². The minimum atomic E-state index is -0.257. The molecule has 3 nitrogen and oxygen atoms in total. The molecule has 0 spiro atoms. The van der Waals surface area contributed by atoms with E-state index in [2.05, 4.69) is 5.92 Å². The number of imide groups is 1. The molecule has 0 unspecified atom stereocenters. The van der Waals surface area contributed by atoms with Crippen molar-refractivity contribution in [3.8, 4) is 12.3 Å². The zero-order chi connectivity index (χ0) is 9.14. The first-order valence-electron chi connectivity index (χ1n) is 3.64. The van der Waals surface area contributed by atoms with E-state index >= 15 is 0 Å². The van der Waals surface area contributed by atoms with Crippen molar-refractivity contribution < 1.29 is 9.59 Å². The molecule has 1 aliphatic heterocycles. The summed E-state index contributed by atoms with van der Waals surface area (Å²) in [6, 6.07) is 0. The zero-order valence-corrected chi connectivity index (χ0v) is 6.83. The molecular weight excluding hydrogens is 154 g/mol. The Morgan fingerprint density at radius 3 is 2.67 bits per heavy atom. The van der Waals surface area contributed by atoms with Crippen molar-refractivity contribution >= 4 is 11.8 Å². The number of carbonyl (C=O) groups excluding carboxylic acids is 2. The SMILES string of the molecule is C#CCCN1C(=O)C=C(C)C1=O. The Morgan fingerprint density at radius 1 is 1.58 bits per heavy atom. The van der Waals surface area contributed by atoms with E-state index in [0.717, 1.165) is 4.90 Å². The van der Waals surface area contributed by atoms with Crippen LogP contribution in [0.5, 0.6) is 0 Å². The lowest BCUT2D eigenvalue weighted by atomic mass is 10.3. The van der Waals surface area contributed by atoms with Crippen molar-refractivity contribution in [1.29, 1.82) is 0 Å². The maximum atomic E-state index is 11.2. The first-order valence-corrected chi connectivity index (χ1v) is 3.64. The van der Waals surface area contributed by atoms with Gasteiger partial charge in [0, 0.05) is 24.6 Å². The van der Waals surface area contributed by atoms with Gasteiger partial charge in [-0.2, -0.15) is 0 Å². The minimum Gasteiger partial charge on any atom is -0.274 e. The molecule has 0 saturated carbocycles. The lowest BCUT2D eigenvalue weighted by molar-refractivity contribution is -0.137. The fraction of sp³-hybridized carbons (Fsp3) is 0.333. The maximum absolute atomic E-state index is 11.2. The predicted octanol–water partition coefficient (Wildman–Crippen LogP) is 0.325. The molecule has 0 aliphatic carbocycles. The number of carbonyl (C=O) groups is 2. The first-order chi connectivity index (χ1) is 5.66. The maximum Gasteiger partial charge on any atom is 0.256 e. The largest absolute Gasteiger partial charge is 0.274 e. The third-order valence-electron chi connectivity index (χ3n) is 1.67. The molecule has 12 heavy (non-hydrogen) atoms. The molecular formula is C9H9NO2. The highest BCUT2D eigenvalue weighted by Gasteiger charge is 2.27. The van der Waals surface area contributed by atoms with E-state index in [1.807, 2.05) is 0 Å². The smallest absolute Gasteiger partial charge is 0.256 e. The van der Waals surface area contributed by atoms with Gasteiger partial charge in [-0.15, -0.1) is 12.3 Å². The van der Waals surface area contributed by atoms with Crippen LogP contribution >= 0.6 is 0 Å². The minimum absolute atomic E-state index is 0.227. The van der Waals surface area contributed by atoms with Crippen molar-refractivity contribution in [1.82, 2.24) is 4.90 Å². The van der Waals surface area contributed by atoms with Crippen molar-refractivity contribution in [3.63, 3.8) is 0 Å². The van der Waals surface area contributed by atoms with Gasteiger partial charge in [0.1, 0.15) is 0 Å². The molecule has 0 atom stereocenters. The lowest BCUT2D eigenvalue weighted by Crippen LogP contribution is -2.31. The van der Waals surface area contributed by atoms with Gasteiger partial charge in [-0.3, -0.25) is 14.5 Å². The molecule has 0 fully saturated rings. The van der Waals surface area contributed by atoms with Crippen molar-refractivity contribution in [2.45, 2.75) is 13.3 Å². The van der Waals surface area contributed by atoms with Crippen LogP contribution in [0.25, 0.3) is 0 Å². The normalized spacial score (nSPS) is 16.3. The molecule has 0 aromatic rings. The molecule has 0 aromatic heterocycles. The molecule has 3 heteroatoms. The van der Waals surface area contributed by atoms with Crippen LogP contribution < -0.4 is 0 Å². The number of hydrogen-bond acceptors (Lipinski definition) is 2. The zero-order valence-electron chi connectivity index (χ0n) is 6.83. The summed E-state index contributed by atoms with van der Waals surface area (Å²) in [5.74, 6) is 1.90.